The lowest BCUT2D eigenvalue weighted by atomic mass is 10.1. The van der Waals surface area contributed by atoms with Crippen molar-refractivity contribution in [3.63, 3.8) is 0 Å². The first-order valence-corrected chi connectivity index (χ1v) is 4.12. The Morgan fingerprint density at radius 2 is 2.00 bits per heavy atom. The minimum Gasteiger partial charge on any atom is -0.394 e. The van der Waals surface area contributed by atoms with E-state index < -0.39 is 0 Å². The molecule has 2 nitrogen and oxygen atoms in total. The quantitative estimate of drug-likeness (QED) is 0.738. The van der Waals surface area contributed by atoms with Crippen LogP contribution in [0.1, 0.15) is 18.6 Å². The van der Waals surface area contributed by atoms with Gasteiger partial charge in [0.15, 0.2) is 0 Å². The molecule has 0 saturated heterocycles. The first-order valence-electron chi connectivity index (χ1n) is 4.12. The van der Waals surface area contributed by atoms with Gasteiger partial charge in [0.05, 0.1) is 19.3 Å². The smallest absolute Gasteiger partial charge is 0.0797 e. The van der Waals surface area contributed by atoms with Crippen LogP contribution in [0.4, 0.5) is 0 Å². The molecule has 0 fully saturated rings. The Kier molecular flexibility index (Phi) is 3.77. The molecule has 1 aromatic rings. The second-order valence-corrected chi connectivity index (χ2v) is 2.65. The molecule has 1 aromatic carbocycles. The van der Waals surface area contributed by atoms with Crippen molar-refractivity contribution in [1.82, 2.24) is 0 Å². The molecule has 0 unspecified atom stereocenters. The van der Waals surface area contributed by atoms with E-state index in [2.05, 4.69) is 0 Å². The number of aliphatic hydroxyl groups excluding tert-OH is 1. The Hall–Kier alpha value is -0.860. The minimum absolute atomic E-state index is 0.0679. The van der Waals surface area contributed by atoms with Crippen LogP contribution < -0.4 is 0 Å². The molecule has 0 radical (unpaired) electrons. The SMILES string of the molecule is C[C@@H](OCCO)c1ccccc1. The summed E-state index contributed by atoms with van der Waals surface area (Å²) >= 11 is 0. The van der Waals surface area contributed by atoms with E-state index in [0.29, 0.717) is 6.61 Å². The molecule has 0 saturated carbocycles. The third-order valence-corrected chi connectivity index (χ3v) is 1.73. The van der Waals surface area contributed by atoms with Gasteiger partial charge in [-0.2, -0.15) is 0 Å². The maximum Gasteiger partial charge on any atom is 0.0797 e. The van der Waals surface area contributed by atoms with Gasteiger partial charge in [0.25, 0.3) is 0 Å². The van der Waals surface area contributed by atoms with Gasteiger partial charge in [-0.1, -0.05) is 30.3 Å². The summed E-state index contributed by atoms with van der Waals surface area (Å²) in [6, 6.07) is 9.97. The van der Waals surface area contributed by atoms with Gasteiger partial charge in [-0.15, -0.1) is 0 Å². The second kappa shape index (κ2) is 4.91. The lowest BCUT2D eigenvalue weighted by Crippen LogP contribution is -2.04. The molecule has 66 valence electrons. The van der Waals surface area contributed by atoms with Crippen molar-refractivity contribution < 1.29 is 9.84 Å². The molecular weight excluding hydrogens is 152 g/mol. The van der Waals surface area contributed by atoms with E-state index in [9.17, 15) is 0 Å². The average molecular weight is 166 g/mol. The van der Waals surface area contributed by atoms with Crippen LogP contribution in [0, 0.1) is 0 Å². The summed E-state index contributed by atoms with van der Waals surface area (Å²) in [6.07, 6.45) is 0.0679. The van der Waals surface area contributed by atoms with Crippen molar-refractivity contribution in [3.05, 3.63) is 35.9 Å². The highest BCUT2D eigenvalue weighted by Gasteiger charge is 2.02. The summed E-state index contributed by atoms with van der Waals surface area (Å²) in [5.74, 6) is 0. The summed E-state index contributed by atoms with van der Waals surface area (Å²) in [4.78, 5) is 0. The van der Waals surface area contributed by atoms with Crippen LogP contribution in [0.2, 0.25) is 0 Å². The minimum atomic E-state index is 0.0679. The monoisotopic (exact) mass is 166 g/mol. The van der Waals surface area contributed by atoms with Gasteiger partial charge in [0.1, 0.15) is 0 Å². The maximum absolute atomic E-state index is 8.54. The fraction of sp³-hybridized carbons (Fsp3) is 0.400. The molecule has 0 bridgehead atoms. The number of ether oxygens (including phenoxy) is 1. The van der Waals surface area contributed by atoms with Gasteiger partial charge in [-0.3, -0.25) is 0 Å². The largest absolute Gasteiger partial charge is 0.394 e. The van der Waals surface area contributed by atoms with Crippen molar-refractivity contribution in [3.8, 4) is 0 Å². The topological polar surface area (TPSA) is 29.5 Å². The Balaban J connectivity index is 2.48. The standard InChI is InChI=1S/C10H14O2/c1-9(12-8-7-11)10-5-3-2-4-6-10/h2-6,9,11H,7-8H2,1H3/t9-/m1/s1. The molecule has 0 aliphatic heterocycles. The second-order valence-electron chi connectivity index (χ2n) is 2.65. The molecule has 0 aliphatic carbocycles. The van der Waals surface area contributed by atoms with E-state index in [1.165, 1.54) is 0 Å². The lowest BCUT2D eigenvalue weighted by molar-refractivity contribution is 0.0385. The predicted octanol–water partition coefficient (Wildman–Crippen LogP) is 1.76. The zero-order valence-electron chi connectivity index (χ0n) is 7.23. The van der Waals surface area contributed by atoms with Crippen molar-refractivity contribution in [2.24, 2.45) is 0 Å². The normalized spacial score (nSPS) is 12.8. The van der Waals surface area contributed by atoms with E-state index in [-0.39, 0.29) is 12.7 Å². The predicted molar refractivity (Wildman–Crippen MR) is 47.9 cm³/mol. The van der Waals surface area contributed by atoms with Crippen LogP contribution in [-0.2, 0) is 4.74 Å². The summed E-state index contributed by atoms with van der Waals surface area (Å²) in [5, 5.41) is 8.54. The maximum atomic E-state index is 8.54. The third-order valence-electron chi connectivity index (χ3n) is 1.73. The summed E-state index contributed by atoms with van der Waals surface area (Å²) < 4.78 is 5.33. The van der Waals surface area contributed by atoms with Gasteiger partial charge >= 0.3 is 0 Å². The Labute approximate surface area is 72.8 Å². The van der Waals surface area contributed by atoms with Crippen LogP contribution in [0.25, 0.3) is 0 Å². The van der Waals surface area contributed by atoms with Crippen LogP contribution in [0.15, 0.2) is 30.3 Å². The van der Waals surface area contributed by atoms with Crippen LogP contribution >= 0.6 is 0 Å². The van der Waals surface area contributed by atoms with Gasteiger partial charge in [-0.25, -0.2) is 0 Å². The highest BCUT2D eigenvalue weighted by molar-refractivity contribution is 5.16. The number of hydrogen-bond acceptors (Lipinski definition) is 2. The number of rotatable bonds is 4. The van der Waals surface area contributed by atoms with E-state index in [1.807, 2.05) is 37.3 Å². The highest BCUT2D eigenvalue weighted by Crippen LogP contribution is 2.14. The molecule has 1 atom stereocenters. The molecule has 0 amide bonds. The zero-order chi connectivity index (χ0) is 8.81. The van der Waals surface area contributed by atoms with Crippen LogP contribution in [-0.4, -0.2) is 18.3 Å². The van der Waals surface area contributed by atoms with Gasteiger partial charge in [0, 0.05) is 0 Å². The Morgan fingerprint density at radius 3 is 2.58 bits per heavy atom. The molecule has 1 rings (SSSR count). The third kappa shape index (κ3) is 2.64. The van der Waals surface area contributed by atoms with E-state index in [4.69, 9.17) is 9.84 Å². The van der Waals surface area contributed by atoms with Crippen LogP contribution in [0.3, 0.4) is 0 Å². The first-order chi connectivity index (χ1) is 5.84. The Bertz CT molecular complexity index is 208. The van der Waals surface area contributed by atoms with Crippen molar-refractivity contribution in [2.45, 2.75) is 13.0 Å². The summed E-state index contributed by atoms with van der Waals surface area (Å²) in [7, 11) is 0. The van der Waals surface area contributed by atoms with E-state index in [1.54, 1.807) is 0 Å². The molecule has 0 spiro atoms. The fourth-order valence-electron chi connectivity index (χ4n) is 1.05. The van der Waals surface area contributed by atoms with Crippen molar-refractivity contribution in [1.29, 1.82) is 0 Å². The molecule has 0 aliphatic rings. The molecule has 0 aromatic heterocycles. The lowest BCUT2D eigenvalue weighted by Gasteiger charge is -2.11. The molecular formula is C10H14O2. The number of hydrogen-bond donors (Lipinski definition) is 1. The molecule has 1 N–H and O–H groups in total. The van der Waals surface area contributed by atoms with Crippen molar-refractivity contribution >= 4 is 0 Å². The van der Waals surface area contributed by atoms with E-state index in [0.717, 1.165) is 5.56 Å². The summed E-state index contributed by atoms with van der Waals surface area (Å²) in [6.45, 7) is 2.46. The fourth-order valence-corrected chi connectivity index (χ4v) is 1.05. The number of benzene rings is 1. The highest BCUT2D eigenvalue weighted by atomic mass is 16.5. The zero-order valence-corrected chi connectivity index (χ0v) is 7.23. The van der Waals surface area contributed by atoms with Gasteiger partial charge in [-0.05, 0) is 12.5 Å². The van der Waals surface area contributed by atoms with Gasteiger partial charge in [0.2, 0.25) is 0 Å². The molecule has 0 heterocycles. The Morgan fingerprint density at radius 1 is 1.33 bits per heavy atom. The molecule has 12 heavy (non-hydrogen) atoms. The number of aliphatic hydroxyl groups is 1. The average Bonchev–Trinajstić information content (AvgIpc) is 2.15. The van der Waals surface area contributed by atoms with Crippen molar-refractivity contribution in [2.75, 3.05) is 13.2 Å². The summed E-state index contributed by atoms with van der Waals surface area (Å²) in [5.41, 5.74) is 1.14. The first kappa shape index (κ1) is 9.23. The van der Waals surface area contributed by atoms with Gasteiger partial charge < -0.3 is 9.84 Å². The molecule has 2 heteroatoms. The van der Waals surface area contributed by atoms with Crippen LogP contribution in [0.5, 0.6) is 0 Å². The van der Waals surface area contributed by atoms with E-state index >= 15 is 0 Å².